The summed E-state index contributed by atoms with van der Waals surface area (Å²) in [7, 11) is 0. The first-order valence-corrected chi connectivity index (χ1v) is 29.1. The Balaban J connectivity index is 0.000000195. The minimum Gasteiger partial charge on any atom is -0.477 e. The Labute approximate surface area is 525 Å². The van der Waals surface area contributed by atoms with Crippen LogP contribution in [0.25, 0.3) is 37.5 Å². The van der Waals surface area contributed by atoms with Crippen molar-refractivity contribution in [1.29, 1.82) is 0 Å². The van der Waals surface area contributed by atoms with Crippen LogP contribution in [-0.2, 0) is 15.9 Å². The van der Waals surface area contributed by atoms with Crippen molar-refractivity contribution in [3.63, 3.8) is 0 Å². The number of hydrogen-bond acceptors (Lipinski definition) is 15. The number of halogens is 4. The summed E-state index contributed by atoms with van der Waals surface area (Å²) in [5.74, 6) is 0.452. The highest BCUT2D eigenvalue weighted by atomic mass is 79.9. The second-order valence-electron chi connectivity index (χ2n) is 19.2. The molecule has 1 unspecified atom stereocenters. The summed E-state index contributed by atoms with van der Waals surface area (Å²) in [6.07, 6.45) is 10.5. The molecular formula is C63H67Br2Cl2N11O6S. The van der Waals surface area contributed by atoms with Crippen LogP contribution in [0, 0.1) is 0 Å². The maximum atomic E-state index is 12.2. The van der Waals surface area contributed by atoms with Gasteiger partial charge in [0.25, 0.3) is 0 Å². The number of carbonyl (C=O) groups is 3. The third kappa shape index (κ3) is 21.7. The minimum absolute atomic E-state index is 0. The fraction of sp³-hybridized carbons (Fsp3) is 0.222. The fourth-order valence-corrected chi connectivity index (χ4v) is 9.73. The number of carbonyl (C=O) groups excluding carboxylic acids is 2. The quantitative estimate of drug-likeness (QED) is 0.0703. The number of rotatable bonds is 8. The number of allylic oxidation sites excluding steroid dienone is 1. The molecule has 0 aliphatic carbocycles. The van der Waals surface area contributed by atoms with Crippen molar-refractivity contribution >= 4 is 151 Å². The largest absolute Gasteiger partial charge is 0.477 e. The average Bonchev–Trinajstić information content (AvgIpc) is 4.10. The number of aryl methyl sites for hydroxylation is 1. The van der Waals surface area contributed by atoms with E-state index >= 15 is 0 Å². The van der Waals surface area contributed by atoms with Gasteiger partial charge in [-0.3, -0.25) is 9.79 Å². The highest BCUT2D eigenvalue weighted by Crippen LogP contribution is 2.29. The van der Waals surface area contributed by atoms with Gasteiger partial charge in [-0.05, 0) is 158 Å². The smallest absolute Gasteiger partial charge is 0.435 e. The van der Waals surface area contributed by atoms with Crippen molar-refractivity contribution in [2.75, 3.05) is 30.4 Å². The topological polar surface area (TPSA) is 238 Å². The van der Waals surface area contributed by atoms with Crippen LogP contribution < -0.4 is 16.4 Å². The first-order chi connectivity index (χ1) is 39.8. The number of aromatic carboxylic acids is 1. The van der Waals surface area contributed by atoms with Gasteiger partial charge >= 0.3 is 12.1 Å². The highest BCUT2D eigenvalue weighted by Gasteiger charge is 2.20. The average molecular weight is 1340 g/mol. The Morgan fingerprint density at radius 1 is 0.812 bits per heavy atom. The number of aliphatic imine (C=N–C) groups is 1. The predicted molar refractivity (Wildman–Crippen MR) is 355 cm³/mol. The van der Waals surface area contributed by atoms with Gasteiger partial charge in [0.15, 0.2) is 5.78 Å². The SMILES string of the molecule is C.C.CC(=O)c1cc2ccc(Br)cc2[nH]1.CC(C)(C)OC(=O)n1ncc2cc(Nc3ccnc(Cl)n3)ccc21.CCc1ccccc1.Clc1nccc(Nc2ccc(C3=CCN=C3)cc2)n1.NC1CCOC1.O=C(O)c1cc2ccc(Br)cc2s1. The minimum atomic E-state index is -0.864. The molecule has 5 aromatic heterocycles. The van der Waals surface area contributed by atoms with E-state index in [-0.39, 0.29) is 31.2 Å². The van der Waals surface area contributed by atoms with Crippen molar-refractivity contribution in [1.82, 2.24) is 34.7 Å². The second-order valence-corrected chi connectivity index (χ2v) is 22.8. The van der Waals surface area contributed by atoms with Gasteiger partial charge in [-0.25, -0.2) is 29.5 Å². The Hall–Kier alpha value is -7.69. The van der Waals surface area contributed by atoms with E-state index in [1.54, 1.807) is 49.8 Å². The maximum Gasteiger partial charge on any atom is 0.435 e. The molecule has 0 saturated carbocycles. The lowest BCUT2D eigenvalue weighted by molar-refractivity contribution is 0.0522. The lowest BCUT2D eigenvalue weighted by atomic mass is 10.1. The van der Waals surface area contributed by atoms with E-state index in [1.807, 2.05) is 112 Å². The number of nitrogens with zero attached hydrogens (tertiary/aromatic N) is 7. The molecule has 0 radical (unpaired) electrons. The van der Waals surface area contributed by atoms with Crippen LogP contribution in [-0.4, -0.2) is 95.3 Å². The molecule has 2 aliphatic rings. The molecule has 5 aromatic carbocycles. The number of ether oxygens (including phenoxy) is 2. The molecule has 444 valence electrons. The van der Waals surface area contributed by atoms with Gasteiger partial charge in [0.2, 0.25) is 10.6 Å². The molecule has 22 heteroatoms. The van der Waals surface area contributed by atoms with Gasteiger partial charge in [0.05, 0.1) is 30.6 Å². The Kier molecular flexibility index (Phi) is 26.5. The summed E-state index contributed by atoms with van der Waals surface area (Å²) in [6.45, 7) is 11.5. The molecule has 0 spiro atoms. The molecule has 6 N–H and O–H groups in total. The van der Waals surface area contributed by atoms with Crippen molar-refractivity contribution in [3.05, 3.63) is 199 Å². The van der Waals surface area contributed by atoms with Crippen LogP contribution in [0.2, 0.25) is 10.6 Å². The van der Waals surface area contributed by atoms with Crippen LogP contribution in [0.5, 0.6) is 0 Å². The summed E-state index contributed by atoms with van der Waals surface area (Å²) < 4.78 is 14.5. The van der Waals surface area contributed by atoms with E-state index in [9.17, 15) is 14.4 Å². The second kappa shape index (κ2) is 33.1. The molecule has 1 atom stereocenters. The summed E-state index contributed by atoms with van der Waals surface area (Å²) in [4.78, 5) is 57.3. The van der Waals surface area contributed by atoms with Crippen LogP contribution >= 0.6 is 66.4 Å². The number of Topliss-reactive ketones (excluding diaryl/α,β-unsaturated/α-hetero) is 1. The number of H-pyrrole nitrogens is 1. The lowest BCUT2D eigenvalue weighted by Crippen LogP contribution is -2.27. The zero-order valence-electron chi connectivity index (χ0n) is 45.8. The van der Waals surface area contributed by atoms with Gasteiger partial charge in [-0.15, -0.1) is 11.3 Å². The van der Waals surface area contributed by atoms with E-state index in [1.165, 1.54) is 21.6 Å². The van der Waals surface area contributed by atoms with Crippen LogP contribution in [0.15, 0.2) is 172 Å². The van der Waals surface area contributed by atoms with Gasteiger partial charge in [-0.1, -0.05) is 114 Å². The first kappa shape index (κ1) is 68.1. The van der Waals surface area contributed by atoms with Gasteiger partial charge in [-0.2, -0.15) is 9.78 Å². The number of thiophene rings is 1. The molecule has 0 bridgehead atoms. The molecule has 12 rings (SSSR count). The van der Waals surface area contributed by atoms with Crippen LogP contribution in [0.4, 0.5) is 27.8 Å². The number of aromatic amines is 1. The molecule has 2 aliphatic heterocycles. The third-order valence-corrected chi connectivity index (χ3v) is 14.1. The van der Waals surface area contributed by atoms with Crippen molar-refractivity contribution in [3.8, 4) is 0 Å². The van der Waals surface area contributed by atoms with Crippen molar-refractivity contribution in [2.45, 2.75) is 74.0 Å². The Bertz CT molecular complexity index is 3770. The molecule has 10 aromatic rings. The standard InChI is InChI=1S/C16H16ClN5O2.C14H11ClN4.C10H8BrNO.C9H5BrO2S.C8H10.C4H9NO.2CH4/c1-16(2,3)24-15(23)22-12-5-4-11(8-10(12)9-19-22)20-13-6-7-18-14(17)21-13;15-14-17-8-6-13(19-14)18-12-3-1-10(2-4-12)11-5-7-16-9-11;1-6(13)9-4-7-2-3-8(11)5-10(7)12-9;10-6-2-1-5-3-8(9(11)12)13-7(5)4-6;1-2-8-6-4-3-5-7-8;5-4-1-2-6-3-4;;/h4-9H,1-3H3,(H,18,20,21);1-6,8-9H,7H2,(H,17,18,19);2-5,12H,1H3;1-4H,(H,11,12);3-7H,2H2,1H3;4H,1-3,5H2;2*1H4. The predicted octanol–water partition coefficient (Wildman–Crippen LogP) is 17.1. The van der Waals surface area contributed by atoms with E-state index in [2.05, 4.69) is 115 Å². The van der Waals surface area contributed by atoms with E-state index in [0.717, 1.165) is 90.4 Å². The lowest BCUT2D eigenvalue weighted by Gasteiger charge is -2.19. The van der Waals surface area contributed by atoms with Gasteiger partial charge in [0.1, 0.15) is 22.1 Å². The molecule has 17 nitrogen and oxygen atoms in total. The first-order valence-electron chi connectivity index (χ1n) is 25.9. The monoisotopic (exact) mass is 1330 g/mol. The number of carboxylic acids is 1. The number of anilines is 4. The Morgan fingerprint density at radius 2 is 1.45 bits per heavy atom. The van der Waals surface area contributed by atoms with Gasteiger partial charge in [0, 0.05) is 79.5 Å². The van der Waals surface area contributed by atoms with E-state index in [0.29, 0.717) is 33.8 Å². The number of carboxylic acid groups (broad SMARTS) is 1. The molecule has 85 heavy (non-hydrogen) atoms. The normalized spacial score (nSPS) is 12.8. The number of nitrogens with one attached hydrogen (secondary N) is 3. The van der Waals surface area contributed by atoms with E-state index < -0.39 is 17.7 Å². The molecule has 7 heterocycles. The van der Waals surface area contributed by atoms with Crippen LogP contribution in [0.1, 0.15) is 87.2 Å². The van der Waals surface area contributed by atoms with Gasteiger partial charge < -0.3 is 35.9 Å². The Morgan fingerprint density at radius 3 is 1.99 bits per heavy atom. The van der Waals surface area contributed by atoms with Crippen molar-refractivity contribution < 1.29 is 29.0 Å². The summed E-state index contributed by atoms with van der Waals surface area (Å²) in [6, 6.07) is 43.0. The molecular weight excluding hydrogens is 1270 g/mol. The van der Waals surface area contributed by atoms with Crippen LogP contribution in [0.3, 0.4) is 0 Å². The van der Waals surface area contributed by atoms with Crippen molar-refractivity contribution in [2.24, 2.45) is 10.7 Å². The number of fused-ring (bicyclic) bond motifs is 3. The number of benzene rings is 5. The third-order valence-electron chi connectivity index (χ3n) is 11.7. The summed E-state index contributed by atoms with van der Waals surface area (Å²) in [5, 5.41) is 22.4. The number of hydrogen-bond donors (Lipinski definition) is 5. The molecule has 1 saturated heterocycles. The highest BCUT2D eigenvalue weighted by molar-refractivity contribution is 9.10. The number of aromatic nitrogens is 7. The summed E-state index contributed by atoms with van der Waals surface area (Å²) >= 11 is 19.5. The fourth-order valence-electron chi connectivity index (χ4n) is 7.63. The molecule has 0 amide bonds. The zero-order chi connectivity index (χ0) is 59.5. The summed E-state index contributed by atoms with van der Waals surface area (Å²) in [5.41, 5.74) is 12.6. The molecule has 1 fully saturated rings. The zero-order valence-corrected chi connectivity index (χ0v) is 51.3. The number of ketones is 1. The maximum absolute atomic E-state index is 12.2. The van der Waals surface area contributed by atoms with E-state index in [4.69, 9.17) is 43.5 Å². The number of nitrogens with two attached hydrogens (primary N) is 1.